The highest BCUT2D eigenvalue weighted by atomic mass is 16.5. The normalized spacial score (nSPS) is 20.8. The van der Waals surface area contributed by atoms with Crippen molar-refractivity contribution in [3.05, 3.63) is 29.2 Å². The van der Waals surface area contributed by atoms with Gasteiger partial charge in [-0.05, 0) is 33.3 Å². The number of nitrogens with one attached hydrogen (secondary N) is 1. The predicted molar refractivity (Wildman–Crippen MR) is 90.7 cm³/mol. The third-order valence-corrected chi connectivity index (χ3v) is 4.94. The molecule has 0 spiro atoms. The van der Waals surface area contributed by atoms with Crippen LogP contribution in [0.5, 0.6) is 0 Å². The molecule has 3 rings (SSSR count). The van der Waals surface area contributed by atoms with Crippen LogP contribution in [0.3, 0.4) is 0 Å². The summed E-state index contributed by atoms with van der Waals surface area (Å²) < 4.78 is 6.92. The van der Waals surface area contributed by atoms with E-state index in [-0.39, 0.29) is 23.8 Å². The van der Waals surface area contributed by atoms with E-state index in [9.17, 15) is 9.59 Å². The van der Waals surface area contributed by atoms with E-state index in [1.807, 2.05) is 33.9 Å². The Kier molecular flexibility index (Phi) is 4.61. The molecular weight excluding hydrogens is 322 g/mol. The summed E-state index contributed by atoms with van der Waals surface area (Å²) in [7, 11) is 1.82. The summed E-state index contributed by atoms with van der Waals surface area (Å²) >= 11 is 0. The van der Waals surface area contributed by atoms with E-state index in [1.54, 1.807) is 15.8 Å². The average molecular weight is 345 g/mol. The van der Waals surface area contributed by atoms with Gasteiger partial charge in [-0.3, -0.25) is 19.6 Å². The van der Waals surface area contributed by atoms with Gasteiger partial charge in [-0.25, -0.2) is 0 Å². The summed E-state index contributed by atoms with van der Waals surface area (Å²) in [6.07, 6.45) is 2.53. The van der Waals surface area contributed by atoms with Gasteiger partial charge in [0, 0.05) is 31.8 Å². The molecule has 134 valence electrons. The number of rotatable bonds is 4. The Labute approximate surface area is 146 Å². The Morgan fingerprint density at radius 3 is 2.76 bits per heavy atom. The molecule has 8 nitrogen and oxygen atoms in total. The van der Waals surface area contributed by atoms with E-state index in [4.69, 9.17) is 4.52 Å². The van der Waals surface area contributed by atoms with Crippen molar-refractivity contribution in [1.29, 1.82) is 0 Å². The van der Waals surface area contributed by atoms with Crippen LogP contribution in [-0.2, 0) is 16.6 Å². The van der Waals surface area contributed by atoms with Crippen molar-refractivity contribution in [2.45, 2.75) is 39.7 Å². The fourth-order valence-corrected chi connectivity index (χ4v) is 3.38. The zero-order valence-corrected chi connectivity index (χ0v) is 14.9. The molecule has 1 N–H and O–H groups in total. The topological polar surface area (TPSA) is 93.3 Å². The summed E-state index contributed by atoms with van der Waals surface area (Å²) in [6, 6.07) is 1.51. The molecule has 8 heteroatoms. The SMILES string of the molecule is CCN1C(=O)CC[C@H](C(=O)Nc2onc(C)c2C)[C@H]1c1ccnn1C. The van der Waals surface area contributed by atoms with Gasteiger partial charge in [0.15, 0.2) is 0 Å². The largest absolute Gasteiger partial charge is 0.338 e. The maximum absolute atomic E-state index is 12.9. The molecule has 0 aliphatic carbocycles. The maximum atomic E-state index is 12.9. The van der Waals surface area contributed by atoms with E-state index in [0.29, 0.717) is 25.3 Å². The van der Waals surface area contributed by atoms with Crippen LogP contribution in [0.15, 0.2) is 16.8 Å². The highest BCUT2D eigenvalue weighted by molar-refractivity contribution is 5.94. The molecule has 25 heavy (non-hydrogen) atoms. The lowest BCUT2D eigenvalue weighted by molar-refractivity contribution is -0.142. The highest BCUT2D eigenvalue weighted by Gasteiger charge is 2.41. The van der Waals surface area contributed by atoms with E-state index in [2.05, 4.69) is 15.6 Å². The van der Waals surface area contributed by atoms with Crippen molar-refractivity contribution in [3.8, 4) is 0 Å². The fraction of sp³-hybridized carbons (Fsp3) is 0.529. The average Bonchev–Trinajstić information content (AvgIpc) is 3.14. The van der Waals surface area contributed by atoms with Gasteiger partial charge in [-0.1, -0.05) is 5.16 Å². The molecule has 3 heterocycles. The number of aryl methyl sites for hydroxylation is 2. The minimum Gasteiger partial charge on any atom is -0.338 e. The molecule has 1 aliphatic rings. The van der Waals surface area contributed by atoms with Crippen LogP contribution in [0.1, 0.15) is 42.8 Å². The number of hydrogen-bond acceptors (Lipinski definition) is 5. The summed E-state index contributed by atoms with van der Waals surface area (Å²) in [5.74, 6) is -0.120. The van der Waals surface area contributed by atoms with E-state index < -0.39 is 0 Å². The number of piperidine rings is 1. The second kappa shape index (κ2) is 6.70. The number of carbonyl (C=O) groups excluding carboxylic acids is 2. The monoisotopic (exact) mass is 345 g/mol. The fourth-order valence-electron chi connectivity index (χ4n) is 3.38. The molecule has 2 atom stereocenters. The Morgan fingerprint density at radius 2 is 2.20 bits per heavy atom. The first kappa shape index (κ1) is 17.2. The summed E-state index contributed by atoms with van der Waals surface area (Å²) in [4.78, 5) is 27.1. The second-order valence-corrected chi connectivity index (χ2v) is 6.36. The number of carbonyl (C=O) groups is 2. The molecule has 2 aromatic heterocycles. The van der Waals surface area contributed by atoms with E-state index in [1.165, 1.54) is 0 Å². The molecule has 2 aromatic rings. The zero-order chi connectivity index (χ0) is 18.1. The van der Waals surface area contributed by atoms with Crippen molar-refractivity contribution in [2.75, 3.05) is 11.9 Å². The first-order valence-electron chi connectivity index (χ1n) is 8.45. The number of hydrogen-bond donors (Lipinski definition) is 1. The molecule has 1 fully saturated rings. The molecule has 0 bridgehead atoms. The van der Waals surface area contributed by atoms with Gasteiger partial charge in [0.05, 0.1) is 23.3 Å². The van der Waals surface area contributed by atoms with Gasteiger partial charge in [-0.15, -0.1) is 0 Å². The van der Waals surface area contributed by atoms with Gasteiger partial charge in [0.25, 0.3) is 0 Å². The van der Waals surface area contributed by atoms with Crippen LogP contribution >= 0.6 is 0 Å². The van der Waals surface area contributed by atoms with Crippen LogP contribution < -0.4 is 5.32 Å². The number of anilines is 1. The molecule has 1 aliphatic heterocycles. The van der Waals surface area contributed by atoms with Gasteiger partial charge in [0.2, 0.25) is 17.7 Å². The minimum absolute atomic E-state index is 0.0597. The Bertz CT molecular complexity index is 794. The van der Waals surface area contributed by atoms with E-state index in [0.717, 1.165) is 17.0 Å². The van der Waals surface area contributed by atoms with Crippen LogP contribution in [0, 0.1) is 19.8 Å². The van der Waals surface area contributed by atoms with Crippen molar-refractivity contribution in [3.63, 3.8) is 0 Å². The quantitative estimate of drug-likeness (QED) is 0.914. The first-order valence-corrected chi connectivity index (χ1v) is 8.45. The van der Waals surface area contributed by atoms with Crippen LogP contribution in [0.4, 0.5) is 5.88 Å². The van der Waals surface area contributed by atoms with Crippen molar-refractivity contribution >= 4 is 17.7 Å². The lowest BCUT2D eigenvalue weighted by atomic mass is 9.85. The number of nitrogens with zero attached hydrogens (tertiary/aromatic N) is 4. The smallest absolute Gasteiger partial charge is 0.234 e. The number of likely N-dealkylation sites (tertiary alicyclic amines) is 1. The van der Waals surface area contributed by atoms with Gasteiger partial charge >= 0.3 is 0 Å². The molecule has 1 saturated heterocycles. The Morgan fingerprint density at radius 1 is 1.44 bits per heavy atom. The summed E-state index contributed by atoms with van der Waals surface area (Å²) in [6.45, 7) is 6.14. The van der Waals surface area contributed by atoms with Gasteiger partial charge in [0.1, 0.15) is 0 Å². The zero-order valence-electron chi connectivity index (χ0n) is 14.9. The number of aromatic nitrogens is 3. The summed E-state index contributed by atoms with van der Waals surface area (Å²) in [5.41, 5.74) is 2.40. The Hall–Kier alpha value is -2.64. The second-order valence-electron chi connectivity index (χ2n) is 6.36. The molecular formula is C17H23N5O3. The third-order valence-electron chi connectivity index (χ3n) is 4.94. The number of amides is 2. The lowest BCUT2D eigenvalue weighted by Gasteiger charge is -2.39. The lowest BCUT2D eigenvalue weighted by Crippen LogP contribution is -2.47. The predicted octanol–water partition coefficient (Wildman–Crippen LogP) is 1.96. The standard InChI is InChI=1S/C17H23N5O3/c1-5-22-14(23)7-6-12(15(22)13-8-9-18-21(13)4)16(24)19-17-10(2)11(3)20-25-17/h8-9,12,15H,5-7H2,1-4H3,(H,19,24)/t12-,15-/m0/s1. The van der Waals surface area contributed by atoms with Gasteiger partial charge < -0.3 is 9.42 Å². The van der Waals surface area contributed by atoms with Crippen molar-refractivity contribution in [1.82, 2.24) is 19.8 Å². The highest BCUT2D eigenvalue weighted by Crippen LogP contribution is 2.37. The third kappa shape index (κ3) is 3.04. The van der Waals surface area contributed by atoms with Crippen molar-refractivity contribution < 1.29 is 14.1 Å². The van der Waals surface area contributed by atoms with Crippen LogP contribution in [0.2, 0.25) is 0 Å². The van der Waals surface area contributed by atoms with Crippen LogP contribution in [-0.4, -0.2) is 38.2 Å². The molecule has 0 aromatic carbocycles. The van der Waals surface area contributed by atoms with Gasteiger partial charge in [-0.2, -0.15) is 5.10 Å². The maximum Gasteiger partial charge on any atom is 0.234 e. The Balaban J connectivity index is 1.91. The van der Waals surface area contributed by atoms with E-state index >= 15 is 0 Å². The molecule has 0 radical (unpaired) electrons. The summed E-state index contributed by atoms with van der Waals surface area (Å²) in [5, 5.41) is 10.9. The van der Waals surface area contributed by atoms with Crippen molar-refractivity contribution in [2.24, 2.45) is 13.0 Å². The molecule has 0 unspecified atom stereocenters. The first-order chi connectivity index (χ1) is 11.9. The molecule has 0 saturated carbocycles. The minimum atomic E-state index is -0.377. The molecule has 2 amide bonds. The van der Waals surface area contributed by atoms with Crippen LogP contribution in [0.25, 0.3) is 0 Å².